The minimum atomic E-state index is -0.0386. The van der Waals surface area contributed by atoms with Gasteiger partial charge in [-0.1, -0.05) is 78.4 Å². The number of hydrogen-bond donors (Lipinski definition) is 0. The van der Waals surface area contributed by atoms with Gasteiger partial charge < -0.3 is 9.47 Å². The lowest BCUT2D eigenvalue weighted by Gasteiger charge is -2.23. The minimum absolute atomic E-state index is 0.0386. The fourth-order valence-corrected chi connectivity index (χ4v) is 4.40. The molecule has 0 saturated heterocycles. The van der Waals surface area contributed by atoms with Gasteiger partial charge in [0.25, 0.3) is 5.91 Å². The molecule has 0 radical (unpaired) electrons. The van der Waals surface area contributed by atoms with E-state index in [2.05, 4.69) is 31.2 Å². The molecule has 180 valence electrons. The first-order valence-corrected chi connectivity index (χ1v) is 12.2. The lowest BCUT2D eigenvalue weighted by molar-refractivity contribution is 0.0736. The highest BCUT2D eigenvalue weighted by Gasteiger charge is 2.24. The van der Waals surface area contributed by atoms with Crippen molar-refractivity contribution in [2.24, 2.45) is 7.05 Å². The lowest BCUT2D eigenvalue weighted by atomic mass is 10.1. The van der Waals surface area contributed by atoms with Gasteiger partial charge in [-0.05, 0) is 54.8 Å². The number of carbonyl (C=O) groups excluding carboxylic acids is 1. The van der Waals surface area contributed by atoms with Crippen LogP contribution in [0.1, 0.15) is 27.2 Å². The average Bonchev–Trinajstić information content (AvgIpc) is 3.54. The van der Waals surface area contributed by atoms with Crippen molar-refractivity contribution in [3.05, 3.63) is 132 Å². The molecule has 5 heteroatoms. The highest BCUT2D eigenvalue weighted by atomic mass is 16.2. The first-order chi connectivity index (χ1) is 17.6. The summed E-state index contributed by atoms with van der Waals surface area (Å²) in [5, 5.41) is 4.89. The van der Waals surface area contributed by atoms with Gasteiger partial charge in [0, 0.05) is 26.3 Å². The molecular weight excluding hydrogens is 444 g/mol. The summed E-state index contributed by atoms with van der Waals surface area (Å²) in [6, 6.07) is 34.5. The molecule has 5 nitrogen and oxygen atoms in total. The molecule has 5 rings (SSSR count). The number of benzene rings is 3. The van der Waals surface area contributed by atoms with Crippen LogP contribution in [0, 0.1) is 6.92 Å². The summed E-state index contributed by atoms with van der Waals surface area (Å²) in [5.74, 6) is -0.0386. The molecule has 5 aromatic rings. The Labute approximate surface area is 212 Å². The third-order valence-corrected chi connectivity index (χ3v) is 6.43. The van der Waals surface area contributed by atoms with Crippen LogP contribution < -0.4 is 0 Å². The summed E-state index contributed by atoms with van der Waals surface area (Å²) >= 11 is 0. The molecule has 3 aromatic carbocycles. The summed E-state index contributed by atoms with van der Waals surface area (Å²) in [5.41, 5.74) is 6.63. The van der Waals surface area contributed by atoms with Gasteiger partial charge in [-0.25, -0.2) is 4.68 Å². The van der Waals surface area contributed by atoms with E-state index in [0.29, 0.717) is 18.8 Å². The fraction of sp³-hybridized carbons (Fsp3) is 0.161. The molecule has 1 amide bonds. The van der Waals surface area contributed by atoms with Crippen molar-refractivity contribution in [2.75, 3.05) is 6.54 Å². The number of hydrogen-bond acceptors (Lipinski definition) is 2. The molecule has 0 fully saturated rings. The first-order valence-electron chi connectivity index (χ1n) is 12.2. The number of amides is 1. The smallest absolute Gasteiger partial charge is 0.272 e. The number of aromatic nitrogens is 3. The molecule has 2 heterocycles. The van der Waals surface area contributed by atoms with Crippen LogP contribution in [-0.2, 0) is 20.0 Å². The Morgan fingerprint density at radius 1 is 0.833 bits per heavy atom. The van der Waals surface area contributed by atoms with E-state index < -0.39 is 0 Å². The van der Waals surface area contributed by atoms with Crippen LogP contribution in [0.2, 0.25) is 0 Å². The van der Waals surface area contributed by atoms with Crippen molar-refractivity contribution in [3.8, 4) is 17.1 Å². The highest BCUT2D eigenvalue weighted by molar-refractivity contribution is 5.94. The number of nitrogens with zero attached hydrogens (tertiary/aromatic N) is 4. The molecule has 0 spiro atoms. The van der Waals surface area contributed by atoms with Gasteiger partial charge in [0.1, 0.15) is 11.4 Å². The largest absolute Gasteiger partial charge is 0.349 e. The molecule has 0 unspecified atom stereocenters. The molecule has 0 aliphatic rings. The number of rotatable bonds is 8. The van der Waals surface area contributed by atoms with Crippen LogP contribution in [0.15, 0.2) is 109 Å². The van der Waals surface area contributed by atoms with E-state index >= 15 is 0 Å². The molecule has 0 N–H and O–H groups in total. The second-order valence-corrected chi connectivity index (χ2v) is 9.11. The van der Waals surface area contributed by atoms with Crippen LogP contribution in [0.4, 0.5) is 0 Å². The lowest BCUT2D eigenvalue weighted by Crippen LogP contribution is -2.34. The van der Waals surface area contributed by atoms with Gasteiger partial charge in [-0.2, -0.15) is 5.10 Å². The van der Waals surface area contributed by atoms with Crippen molar-refractivity contribution in [3.63, 3.8) is 0 Å². The molecule has 0 atom stereocenters. The Bertz CT molecular complexity index is 1430. The Morgan fingerprint density at radius 3 is 2.14 bits per heavy atom. The maximum Gasteiger partial charge on any atom is 0.272 e. The van der Waals surface area contributed by atoms with Gasteiger partial charge in [-0.15, -0.1) is 0 Å². The zero-order valence-electron chi connectivity index (χ0n) is 20.7. The molecular formula is C31H30N4O. The van der Waals surface area contributed by atoms with Gasteiger partial charge in [-0.3, -0.25) is 4.79 Å². The molecule has 0 bridgehead atoms. The first kappa shape index (κ1) is 23.4. The van der Waals surface area contributed by atoms with Crippen LogP contribution in [-0.4, -0.2) is 31.7 Å². The van der Waals surface area contributed by atoms with E-state index in [-0.39, 0.29) is 5.91 Å². The summed E-state index contributed by atoms with van der Waals surface area (Å²) in [6.45, 7) is 3.20. The second kappa shape index (κ2) is 10.5. The molecule has 0 aliphatic heterocycles. The maximum absolute atomic E-state index is 14.2. The zero-order chi connectivity index (χ0) is 24.9. The van der Waals surface area contributed by atoms with E-state index in [1.165, 1.54) is 5.56 Å². The van der Waals surface area contributed by atoms with Crippen LogP contribution in [0.25, 0.3) is 17.1 Å². The second-order valence-electron chi connectivity index (χ2n) is 9.11. The van der Waals surface area contributed by atoms with E-state index in [1.807, 2.05) is 102 Å². The fourth-order valence-electron chi connectivity index (χ4n) is 4.40. The maximum atomic E-state index is 14.2. The summed E-state index contributed by atoms with van der Waals surface area (Å²) < 4.78 is 3.80. The summed E-state index contributed by atoms with van der Waals surface area (Å²) in [7, 11) is 1.99. The number of aryl methyl sites for hydroxylation is 2. The van der Waals surface area contributed by atoms with Crippen molar-refractivity contribution >= 4 is 5.91 Å². The van der Waals surface area contributed by atoms with Crippen LogP contribution >= 0.6 is 0 Å². The van der Waals surface area contributed by atoms with Crippen molar-refractivity contribution in [1.82, 2.24) is 19.2 Å². The van der Waals surface area contributed by atoms with Crippen molar-refractivity contribution < 1.29 is 4.79 Å². The molecule has 0 saturated carbocycles. The third kappa shape index (κ3) is 5.15. The zero-order valence-corrected chi connectivity index (χ0v) is 20.7. The van der Waals surface area contributed by atoms with E-state index in [1.54, 1.807) is 4.68 Å². The Hall–Kier alpha value is -4.38. The standard InChI is InChI=1S/C31H30N4O/c1-24-15-17-27(18-16-24)35-30(22-28(32-35)29-14-9-20-33(29)2)31(36)34(23-26-12-7-4-8-13-26)21-19-25-10-5-3-6-11-25/h3-18,20,22H,19,21,23H2,1-2H3. The van der Waals surface area contributed by atoms with Gasteiger partial charge in [0.05, 0.1) is 11.4 Å². The van der Waals surface area contributed by atoms with Gasteiger partial charge in [0.2, 0.25) is 0 Å². The molecule has 2 aromatic heterocycles. The Balaban J connectivity index is 1.54. The molecule has 36 heavy (non-hydrogen) atoms. The SMILES string of the molecule is Cc1ccc(-n2nc(-c3cccn3C)cc2C(=O)N(CCc2ccccc2)Cc2ccccc2)cc1. The summed E-state index contributed by atoms with van der Waals surface area (Å²) in [4.78, 5) is 16.1. The predicted octanol–water partition coefficient (Wildman–Crippen LogP) is 6.07. The number of carbonyl (C=O) groups is 1. The van der Waals surface area contributed by atoms with Crippen molar-refractivity contribution in [1.29, 1.82) is 0 Å². The Morgan fingerprint density at radius 2 is 1.50 bits per heavy atom. The van der Waals surface area contributed by atoms with E-state index in [0.717, 1.165) is 34.6 Å². The third-order valence-electron chi connectivity index (χ3n) is 6.43. The van der Waals surface area contributed by atoms with Crippen LogP contribution in [0.3, 0.4) is 0 Å². The van der Waals surface area contributed by atoms with Crippen LogP contribution in [0.5, 0.6) is 0 Å². The monoisotopic (exact) mass is 474 g/mol. The normalized spacial score (nSPS) is 10.9. The highest BCUT2D eigenvalue weighted by Crippen LogP contribution is 2.24. The minimum Gasteiger partial charge on any atom is -0.349 e. The topological polar surface area (TPSA) is 43.1 Å². The van der Waals surface area contributed by atoms with E-state index in [4.69, 9.17) is 5.10 Å². The summed E-state index contributed by atoms with van der Waals surface area (Å²) in [6.07, 6.45) is 2.77. The quantitative estimate of drug-likeness (QED) is 0.274. The Kier molecular flexibility index (Phi) is 6.80. The van der Waals surface area contributed by atoms with E-state index in [9.17, 15) is 4.79 Å². The van der Waals surface area contributed by atoms with Gasteiger partial charge >= 0.3 is 0 Å². The average molecular weight is 475 g/mol. The van der Waals surface area contributed by atoms with Gasteiger partial charge in [0.15, 0.2) is 0 Å². The van der Waals surface area contributed by atoms with Crippen molar-refractivity contribution in [2.45, 2.75) is 19.9 Å². The predicted molar refractivity (Wildman–Crippen MR) is 144 cm³/mol. The molecule has 0 aliphatic carbocycles.